The first-order valence-corrected chi connectivity index (χ1v) is 12.3. The zero-order valence-corrected chi connectivity index (χ0v) is 19.6. The summed E-state index contributed by atoms with van der Waals surface area (Å²) >= 11 is 0. The molecule has 4 atom stereocenters. The second-order valence-electron chi connectivity index (χ2n) is 10.0. The molecule has 0 spiro atoms. The normalized spacial score (nSPS) is 25.3. The Bertz CT molecular complexity index is 1310. The Labute approximate surface area is 208 Å². The largest absolute Gasteiger partial charge is 0.433 e. The summed E-state index contributed by atoms with van der Waals surface area (Å²) in [6.07, 6.45) is -0.236. The summed E-state index contributed by atoms with van der Waals surface area (Å²) in [5, 5.41) is 7.99. The van der Waals surface area contributed by atoms with Crippen molar-refractivity contribution in [3.8, 4) is 0 Å². The highest BCUT2D eigenvalue weighted by molar-refractivity contribution is 5.49. The Morgan fingerprint density at radius 1 is 0.946 bits per heavy atom. The predicted octanol–water partition coefficient (Wildman–Crippen LogP) is 5.36. The van der Waals surface area contributed by atoms with E-state index in [1.807, 2.05) is 4.90 Å². The van der Waals surface area contributed by atoms with Crippen molar-refractivity contribution in [1.82, 2.24) is 19.7 Å². The van der Waals surface area contributed by atoms with Crippen molar-refractivity contribution in [2.75, 3.05) is 23.3 Å². The average Bonchev–Trinajstić information content (AvgIpc) is 3.38. The second-order valence-corrected chi connectivity index (χ2v) is 10.0. The molecule has 2 aliphatic heterocycles. The summed E-state index contributed by atoms with van der Waals surface area (Å²) < 4.78 is 83.0. The molecule has 2 aromatic heterocycles. The molecule has 37 heavy (non-hydrogen) atoms. The first-order valence-electron chi connectivity index (χ1n) is 12.3. The van der Waals surface area contributed by atoms with Gasteiger partial charge in [-0.2, -0.15) is 18.2 Å². The van der Waals surface area contributed by atoms with Crippen LogP contribution in [0.15, 0.2) is 30.5 Å². The molecule has 6 nitrogen and oxygen atoms in total. The molecular weight excluding hydrogens is 498 g/mol. The summed E-state index contributed by atoms with van der Waals surface area (Å²) in [6, 6.07) is 4.92. The number of nitrogens with zero attached hydrogens (tertiary/aromatic N) is 5. The molecule has 1 aromatic carbocycles. The molecule has 0 amide bonds. The highest BCUT2D eigenvalue weighted by atomic mass is 19.4. The summed E-state index contributed by atoms with van der Waals surface area (Å²) in [5.41, 5.74) is -0.343. The lowest BCUT2D eigenvalue weighted by molar-refractivity contribution is -0.141. The van der Waals surface area contributed by atoms with Crippen LogP contribution in [0.2, 0.25) is 0 Å². The van der Waals surface area contributed by atoms with Crippen molar-refractivity contribution in [1.29, 1.82) is 0 Å². The van der Waals surface area contributed by atoms with E-state index in [2.05, 4.69) is 20.4 Å². The molecule has 2 fully saturated rings. The van der Waals surface area contributed by atoms with E-state index in [-0.39, 0.29) is 23.4 Å². The van der Waals surface area contributed by atoms with Gasteiger partial charge in [-0.15, -0.1) is 5.10 Å². The number of alkyl halides is 3. The molecule has 4 heterocycles. The van der Waals surface area contributed by atoms with Gasteiger partial charge in [0.2, 0.25) is 5.95 Å². The number of aromatic nitrogens is 4. The van der Waals surface area contributed by atoms with Crippen molar-refractivity contribution < 1.29 is 26.3 Å². The first-order chi connectivity index (χ1) is 17.7. The van der Waals surface area contributed by atoms with Crippen molar-refractivity contribution in [3.63, 3.8) is 0 Å². The lowest BCUT2D eigenvalue weighted by Gasteiger charge is -2.39. The molecule has 196 valence electrons. The number of pyridine rings is 1. The summed E-state index contributed by atoms with van der Waals surface area (Å²) in [4.78, 5) is 10.1. The summed E-state index contributed by atoms with van der Waals surface area (Å²) in [5.74, 6) is -3.21. The van der Waals surface area contributed by atoms with E-state index in [0.29, 0.717) is 49.9 Å². The smallest absolute Gasteiger partial charge is 0.371 e. The van der Waals surface area contributed by atoms with Gasteiger partial charge in [0.05, 0.1) is 0 Å². The topological polar surface area (TPSA) is 58.9 Å². The van der Waals surface area contributed by atoms with Gasteiger partial charge in [-0.05, 0) is 55.7 Å². The fourth-order valence-corrected chi connectivity index (χ4v) is 6.11. The lowest BCUT2D eigenvalue weighted by Crippen LogP contribution is -2.48. The van der Waals surface area contributed by atoms with E-state index in [0.717, 1.165) is 25.0 Å². The van der Waals surface area contributed by atoms with Crippen LogP contribution in [0.3, 0.4) is 0 Å². The van der Waals surface area contributed by atoms with Gasteiger partial charge in [0, 0.05) is 49.0 Å². The van der Waals surface area contributed by atoms with Crippen LogP contribution in [-0.2, 0) is 12.7 Å². The minimum absolute atomic E-state index is 0.0445. The van der Waals surface area contributed by atoms with Gasteiger partial charge in [-0.3, -0.25) is 4.98 Å². The van der Waals surface area contributed by atoms with Gasteiger partial charge >= 0.3 is 6.18 Å². The lowest BCUT2D eigenvalue weighted by atomic mass is 9.90. The molecular formula is C25H24F6N6. The SMILES string of the molecule is Fc1ccc(C2CCCn3nc(NC4[C@@H]5CC[C@H]4CN(c4ccnc(C(F)(F)F)c4)C5)nc32)c(F)c1F. The van der Waals surface area contributed by atoms with E-state index in [1.165, 1.54) is 12.3 Å². The van der Waals surface area contributed by atoms with Crippen LogP contribution in [-0.4, -0.2) is 38.9 Å². The molecule has 1 aliphatic carbocycles. The molecule has 0 radical (unpaired) electrons. The molecule has 2 unspecified atom stereocenters. The Hall–Kier alpha value is -3.31. The maximum absolute atomic E-state index is 14.5. The van der Waals surface area contributed by atoms with Crippen molar-refractivity contribution in [2.45, 2.75) is 50.4 Å². The number of rotatable bonds is 4. The first kappa shape index (κ1) is 24.1. The Balaban J connectivity index is 1.20. The quantitative estimate of drug-likeness (QED) is 0.369. The van der Waals surface area contributed by atoms with Crippen molar-refractivity contribution in [3.05, 3.63) is 65.0 Å². The third-order valence-corrected chi connectivity index (χ3v) is 7.84. The molecule has 6 rings (SSSR count). The third kappa shape index (κ3) is 4.29. The maximum atomic E-state index is 14.5. The number of benzene rings is 1. The fourth-order valence-electron chi connectivity index (χ4n) is 6.11. The average molecular weight is 522 g/mol. The Morgan fingerprint density at radius 2 is 1.70 bits per heavy atom. The van der Waals surface area contributed by atoms with E-state index >= 15 is 0 Å². The van der Waals surface area contributed by atoms with Gasteiger partial charge in [-0.25, -0.2) is 17.9 Å². The van der Waals surface area contributed by atoms with Crippen molar-refractivity contribution >= 4 is 11.6 Å². The number of anilines is 2. The van der Waals surface area contributed by atoms with Gasteiger partial charge < -0.3 is 10.2 Å². The second kappa shape index (κ2) is 8.91. The number of hydrogen-bond donors (Lipinski definition) is 1. The zero-order chi connectivity index (χ0) is 25.9. The van der Waals surface area contributed by atoms with Gasteiger partial charge in [0.25, 0.3) is 0 Å². The highest BCUT2D eigenvalue weighted by Gasteiger charge is 2.43. The van der Waals surface area contributed by atoms with E-state index in [9.17, 15) is 26.3 Å². The number of fused-ring (bicyclic) bond motifs is 3. The standard InChI is InChI=1S/C25H24F6N6/c26-18-6-5-16(20(27)21(18)28)17-2-1-9-37-23(17)34-24(35-37)33-22-13-3-4-14(22)12-36(11-13)15-7-8-32-19(10-15)25(29,30)31/h5-8,10,13-14,17,22H,1-4,9,11-12H2,(H,33,35)/t13-,14+,17?,22?. The minimum Gasteiger partial charge on any atom is -0.371 e. The number of piperidine rings is 1. The van der Waals surface area contributed by atoms with Gasteiger partial charge in [0.1, 0.15) is 11.5 Å². The Kier molecular flexibility index (Phi) is 5.79. The van der Waals surface area contributed by atoms with Crippen LogP contribution in [0.5, 0.6) is 0 Å². The van der Waals surface area contributed by atoms with E-state index in [1.54, 1.807) is 10.7 Å². The van der Waals surface area contributed by atoms with Crippen molar-refractivity contribution in [2.24, 2.45) is 11.8 Å². The third-order valence-electron chi connectivity index (χ3n) is 7.84. The van der Waals surface area contributed by atoms with Crippen LogP contribution in [0, 0.1) is 29.3 Å². The number of nitrogens with one attached hydrogen (secondary N) is 1. The van der Waals surface area contributed by atoms with E-state index in [4.69, 9.17) is 0 Å². The maximum Gasteiger partial charge on any atom is 0.433 e. The summed E-state index contributed by atoms with van der Waals surface area (Å²) in [6.45, 7) is 1.76. The minimum atomic E-state index is -4.50. The molecule has 3 aliphatic rings. The van der Waals surface area contributed by atoms with Crippen LogP contribution in [0.25, 0.3) is 0 Å². The Morgan fingerprint density at radius 3 is 2.43 bits per heavy atom. The zero-order valence-electron chi connectivity index (χ0n) is 19.6. The van der Waals surface area contributed by atoms with Gasteiger partial charge in [0.15, 0.2) is 17.5 Å². The van der Waals surface area contributed by atoms with Crippen LogP contribution < -0.4 is 10.2 Å². The fraction of sp³-hybridized carbons (Fsp3) is 0.480. The number of aryl methyl sites for hydroxylation is 1. The van der Waals surface area contributed by atoms with Crippen LogP contribution in [0.1, 0.15) is 48.7 Å². The molecule has 12 heteroatoms. The highest BCUT2D eigenvalue weighted by Crippen LogP contribution is 2.41. The van der Waals surface area contributed by atoms with Crippen LogP contribution >= 0.6 is 0 Å². The van der Waals surface area contributed by atoms with Gasteiger partial charge in [-0.1, -0.05) is 6.07 Å². The summed E-state index contributed by atoms with van der Waals surface area (Å²) in [7, 11) is 0. The number of hydrogen-bond acceptors (Lipinski definition) is 5. The van der Waals surface area contributed by atoms with E-state index < -0.39 is 35.2 Å². The number of halogens is 6. The monoisotopic (exact) mass is 522 g/mol. The predicted molar refractivity (Wildman–Crippen MR) is 122 cm³/mol. The van der Waals surface area contributed by atoms with Crippen LogP contribution in [0.4, 0.5) is 38.0 Å². The molecule has 1 saturated heterocycles. The molecule has 1 N–H and O–H groups in total. The molecule has 2 bridgehead atoms. The molecule has 3 aromatic rings. The molecule has 1 saturated carbocycles.